The van der Waals surface area contributed by atoms with Crippen molar-refractivity contribution < 1.29 is 33.4 Å². The molecule has 12 heteroatoms. The number of rotatable bonds is 8. The summed E-state index contributed by atoms with van der Waals surface area (Å²) in [5.41, 5.74) is 0.268. The van der Waals surface area contributed by atoms with E-state index >= 15 is 0 Å². The van der Waals surface area contributed by atoms with Gasteiger partial charge in [0.1, 0.15) is 11.7 Å². The molecule has 0 saturated carbocycles. The third-order valence-corrected chi connectivity index (χ3v) is 6.04. The predicted octanol–water partition coefficient (Wildman–Crippen LogP) is 6.30. The number of hydrazone groups is 1. The van der Waals surface area contributed by atoms with Gasteiger partial charge in [0.25, 0.3) is 11.8 Å². The fourth-order valence-electron chi connectivity index (χ4n) is 4.30. The summed E-state index contributed by atoms with van der Waals surface area (Å²) in [6.07, 6.45) is -1.60. The molecule has 5 rings (SSSR count). The Morgan fingerprint density at radius 2 is 1.95 bits per heavy atom. The van der Waals surface area contributed by atoms with Crippen LogP contribution in [0.15, 0.2) is 52.1 Å². The molecule has 2 aromatic carbocycles. The molecule has 2 aliphatic heterocycles. The number of nitrogens with one attached hydrogen (secondary N) is 1. The van der Waals surface area contributed by atoms with E-state index in [-0.39, 0.29) is 31.1 Å². The molecule has 9 nitrogen and oxygen atoms in total. The van der Waals surface area contributed by atoms with Crippen molar-refractivity contribution in [3.8, 4) is 17.1 Å². The second kappa shape index (κ2) is 10.7. The summed E-state index contributed by atoms with van der Waals surface area (Å²) in [4.78, 5) is 17.7. The molecular weight excluding hydrogens is 515 g/mol. The molecule has 1 N–H and O–H groups in total. The van der Waals surface area contributed by atoms with E-state index in [4.69, 9.17) is 14.0 Å². The molecule has 1 amide bonds. The van der Waals surface area contributed by atoms with E-state index in [9.17, 15) is 18.0 Å². The van der Waals surface area contributed by atoms with Gasteiger partial charge in [0.05, 0.1) is 23.6 Å². The van der Waals surface area contributed by atoms with Crippen molar-refractivity contribution in [1.82, 2.24) is 10.1 Å². The lowest BCUT2D eigenvalue weighted by Crippen LogP contribution is -2.43. The van der Waals surface area contributed by atoms with Crippen LogP contribution in [0, 0.1) is 12.8 Å². The Morgan fingerprint density at radius 1 is 1.23 bits per heavy atom. The number of alkyl halides is 3. The monoisotopic (exact) mass is 547 g/mol. The maximum absolute atomic E-state index is 13.8. The fourth-order valence-corrected chi connectivity index (χ4v) is 4.30. The van der Waals surface area contributed by atoms with Gasteiger partial charge in [-0.25, -0.2) is 18.2 Å². The lowest BCUT2D eigenvalue weighted by molar-refractivity contribution is -0.121. The van der Waals surface area contributed by atoms with Crippen LogP contribution in [-0.4, -0.2) is 40.4 Å². The van der Waals surface area contributed by atoms with Gasteiger partial charge in [0, 0.05) is 33.4 Å². The smallest absolute Gasteiger partial charge is 0.270 e. The summed E-state index contributed by atoms with van der Waals surface area (Å²) in [5.74, 6) is -3.58. The normalized spacial score (nSPS) is 21.2. The number of carbonyl (C=O) groups excluding carboxylic acids is 1. The zero-order valence-electron chi connectivity index (χ0n) is 22.5. The molecule has 210 valence electrons. The molecule has 0 spiro atoms. The van der Waals surface area contributed by atoms with Crippen molar-refractivity contribution >= 4 is 23.0 Å². The van der Waals surface area contributed by atoms with E-state index in [0.29, 0.717) is 28.5 Å². The van der Waals surface area contributed by atoms with Crippen molar-refractivity contribution in [3.05, 3.63) is 53.9 Å². The number of carbonyl (C=O) groups is 1. The summed E-state index contributed by atoms with van der Waals surface area (Å²) in [7, 11) is 0. The minimum absolute atomic E-state index is 0. The first-order chi connectivity index (χ1) is 18.5. The van der Waals surface area contributed by atoms with Gasteiger partial charge in [-0.05, 0) is 37.3 Å². The van der Waals surface area contributed by atoms with Gasteiger partial charge in [-0.1, -0.05) is 31.1 Å². The first-order valence-electron chi connectivity index (χ1n) is 12.5. The second-order valence-corrected chi connectivity index (χ2v) is 9.08. The van der Waals surface area contributed by atoms with Gasteiger partial charge < -0.3 is 19.3 Å². The van der Waals surface area contributed by atoms with Crippen molar-refractivity contribution in [2.75, 3.05) is 16.9 Å². The van der Waals surface area contributed by atoms with E-state index < -0.39 is 23.9 Å². The summed E-state index contributed by atoms with van der Waals surface area (Å²) in [5, 5.41) is 12.6. The number of aromatic nitrogens is 2. The first kappa shape index (κ1) is 28.1. The Balaban J connectivity index is 0.00000144. The van der Waals surface area contributed by atoms with Crippen molar-refractivity contribution in [2.45, 2.75) is 59.5 Å². The standard InChI is InChI=1S/C25H24F3N5O4.C2H6.H2/c1-13-21(25(12-35-25)30-17-7-5-6-16(10-17)24(4,27)28)23(34)33(31-13)18-8-9-20(36-14(2)26)19(11-18)22-29-15(3)37-32-22;1-2;/h5-11,14,21,30H,12H2,1-4H3;1-2H3;1H. The van der Waals surface area contributed by atoms with Crippen LogP contribution in [-0.2, 0) is 15.5 Å². The number of nitrogens with zero attached hydrogens (tertiary/aromatic N) is 4. The average molecular weight is 548 g/mol. The summed E-state index contributed by atoms with van der Waals surface area (Å²) >= 11 is 0. The van der Waals surface area contributed by atoms with Gasteiger partial charge in [-0.3, -0.25) is 4.79 Å². The highest BCUT2D eigenvalue weighted by molar-refractivity contribution is 6.16. The molecule has 2 aliphatic rings. The van der Waals surface area contributed by atoms with Crippen LogP contribution in [0.3, 0.4) is 0 Å². The zero-order valence-corrected chi connectivity index (χ0v) is 22.5. The van der Waals surface area contributed by atoms with E-state index in [0.717, 1.165) is 6.92 Å². The van der Waals surface area contributed by atoms with Crippen LogP contribution in [0.4, 0.5) is 24.5 Å². The molecule has 1 aromatic heterocycles. The minimum Gasteiger partial charge on any atom is -0.460 e. The van der Waals surface area contributed by atoms with Gasteiger partial charge in [0.15, 0.2) is 5.72 Å². The van der Waals surface area contributed by atoms with E-state index in [1.54, 1.807) is 32.0 Å². The lowest BCUT2D eigenvalue weighted by atomic mass is 9.94. The van der Waals surface area contributed by atoms with Crippen LogP contribution in [0.2, 0.25) is 0 Å². The van der Waals surface area contributed by atoms with Gasteiger partial charge >= 0.3 is 0 Å². The maximum atomic E-state index is 13.8. The first-order valence-corrected chi connectivity index (χ1v) is 12.5. The number of hydrogen-bond acceptors (Lipinski definition) is 8. The van der Waals surface area contributed by atoms with Crippen LogP contribution in [0.1, 0.15) is 47.5 Å². The number of anilines is 2. The van der Waals surface area contributed by atoms with E-state index in [2.05, 4.69) is 20.6 Å². The van der Waals surface area contributed by atoms with Crippen molar-refractivity contribution in [3.63, 3.8) is 0 Å². The fraction of sp³-hybridized carbons (Fsp3) is 0.407. The third-order valence-electron chi connectivity index (χ3n) is 6.04. The quantitative estimate of drug-likeness (QED) is 0.330. The zero-order chi connectivity index (χ0) is 28.5. The second-order valence-electron chi connectivity index (χ2n) is 9.08. The van der Waals surface area contributed by atoms with Gasteiger partial charge in [0.2, 0.25) is 18.1 Å². The third kappa shape index (κ3) is 5.75. The van der Waals surface area contributed by atoms with Crippen LogP contribution in [0.25, 0.3) is 11.4 Å². The predicted molar refractivity (Wildman–Crippen MR) is 142 cm³/mol. The number of benzene rings is 2. The molecule has 3 unspecified atom stereocenters. The highest BCUT2D eigenvalue weighted by Gasteiger charge is 2.59. The SMILES string of the molecule is CC.CC1=NN(c2ccc(OC(C)F)c(-c3noc(C)n3)c2)C(=O)C1C1(Nc2cccc(C(C)(F)F)c2)CO1.[HH]. The number of amides is 1. The number of halogens is 3. The lowest BCUT2D eigenvalue weighted by Gasteiger charge is -2.23. The van der Waals surface area contributed by atoms with E-state index in [1.165, 1.54) is 36.2 Å². The molecule has 0 bridgehead atoms. The number of ether oxygens (including phenoxy) is 2. The van der Waals surface area contributed by atoms with Crippen LogP contribution in [0.5, 0.6) is 5.75 Å². The molecule has 3 heterocycles. The Kier molecular flexibility index (Phi) is 7.69. The van der Waals surface area contributed by atoms with Gasteiger partial charge in [-0.2, -0.15) is 10.1 Å². The molecule has 0 aliphatic carbocycles. The molecule has 1 saturated heterocycles. The molecule has 3 aromatic rings. The minimum atomic E-state index is -3.02. The van der Waals surface area contributed by atoms with Crippen molar-refractivity contribution in [1.29, 1.82) is 0 Å². The Labute approximate surface area is 225 Å². The number of hydrogen-bond donors (Lipinski definition) is 1. The molecule has 0 radical (unpaired) electrons. The topological polar surface area (TPSA) is 105 Å². The summed E-state index contributed by atoms with van der Waals surface area (Å²) in [6, 6.07) is 10.4. The highest BCUT2D eigenvalue weighted by Crippen LogP contribution is 2.43. The van der Waals surface area contributed by atoms with Gasteiger partial charge in [-0.15, -0.1) is 0 Å². The van der Waals surface area contributed by atoms with E-state index in [1.807, 2.05) is 13.8 Å². The Morgan fingerprint density at radius 3 is 2.54 bits per heavy atom. The summed E-state index contributed by atoms with van der Waals surface area (Å²) in [6.45, 7) is 9.54. The average Bonchev–Trinajstić information content (AvgIpc) is 3.39. The largest absolute Gasteiger partial charge is 0.460 e. The van der Waals surface area contributed by atoms with Crippen molar-refractivity contribution in [2.24, 2.45) is 11.0 Å². The number of epoxide rings is 1. The van der Waals surface area contributed by atoms with Crippen LogP contribution >= 0.6 is 0 Å². The molecule has 39 heavy (non-hydrogen) atoms. The summed E-state index contributed by atoms with van der Waals surface area (Å²) < 4.78 is 57.2. The molecule has 1 fully saturated rings. The highest BCUT2D eigenvalue weighted by atomic mass is 19.3. The maximum Gasteiger partial charge on any atom is 0.270 e. The Hall–Kier alpha value is -3.93. The molecule has 3 atom stereocenters. The number of aryl methyl sites for hydroxylation is 1. The molecular formula is C27H32F3N5O4. The van der Waals surface area contributed by atoms with Crippen LogP contribution < -0.4 is 15.1 Å². The Bertz CT molecular complexity index is 1390.